The number of aliphatic hydroxyl groups is 1. The number of hydrogen-bond donors (Lipinski definition) is 2. The molecule has 27 heavy (non-hydrogen) atoms. The summed E-state index contributed by atoms with van der Waals surface area (Å²) in [5, 5.41) is 13.8. The Balaban J connectivity index is 1.59. The molecule has 0 unspecified atom stereocenters. The lowest BCUT2D eigenvalue weighted by Crippen LogP contribution is -2.53. The largest absolute Gasteiger partial charge is 0.388 e. The van der Waals surface area contributed by atoms with Crippen molar-refractivity contribution in [3.8, 4) is 0 Å². The highest BCUT2D eigenvalue weighted by Gasteiger charge is 2.35. The normalized spacial score (nSPS) is 17.9. The van der Waals surface area contributed by atoms with Crippen LogP contribution < -0.4 is 5.32 Å². The minimum atomic E-state index is -0.858. The number of carbonyl (C=O) groups is 2. The van der Waals surface area contributed by atoms with Crippen molar-refractivity contribution < 1.29 is 14.7 Å². The first kappa shape index (κ1) is 19.4. The highest BCUT2D eigenvalue weighted by molar-refractivity contribution is 5.88. The maximum atomic E-state index is 12.6. The molecular weight excluding hydrogens is 344 g/mol. The molecule has 146 valence electrons. The Hall–Kier alpha value is -2.41. The molecule has 1 fully saturated rings. The molecule has 1 saturated heterocycles. The van der Waals surface area contributed by atoms with Crippen molar-refractivity contribution in [2.45, 2.75) is 51.8 Å². The third kappa shape index (κ3) is 4.30. The van der Waals surface area contributed by atoms with Gasteiger partial charge in [0.15, 0.2) is 0 Å². The summed E-state index contributed by atoms with van der Waals surface area (Å²) in [5.41, 5.74) is 1.04. The Kier molecular flexibility index (Phi) is 5.51. The number of likely N-dealkylation sites (tertiary alicyclic amines) is 1. The van der Waals surface area contributed by atoms with Gasteiger partial charge in [0.1, 0.15) is 6.04 Å². The van der Waals surface area contributed by atoms with E-state index in [1.807, 2.05) is 29.0 Å². The molecule has 0 radical (unpaired) electrons. The number of nitrogens with zero attached hydrogens (tertiary/aromatic N) is 3. The standard InChI is InChI=1S/C20H28N4O3/c1-14(2)18(25)22-15(3)19(26)23-11-7-20(27,8-12-23)13-24-10-6-16-17(24)5-4-9-21-16/h4-6,9-10,14-15,27H,7-8,11-13H2,1-3H3,(H,22,25)/t15-/m1/s1. The fourth-order valence-corrected chi connectivity index (χ4v) is 3.49. The number of carbonyl (C=O) groups excluding carboxylic acids is 2. The third-order valence-corrected chi connectivity index (χ3v) is 5.26. The fourth-order valence-electron chi connectivity index (χ4n) is 3.49. The Morgan fingerprint density at radius 1 is 1.26 bits per heavy atom. The number of nitrogens with one attached hydrogen (secondary N) is 1. The fraction of sp³-hybridized carbons (Fsp3) is 0.550. The molecule has 7 heteroatoms. The van der Waals surface area contributed by atoms with Gasteiger partial charge in [0.25, 0.3) is 0 Å². The molecule has 2 amide bonds. The maximum Gasteiger partial charge on any atom is 0.244 e. The summed E-state index contributed by atoms with van der Waals surface area (Å²) in [6.45, 7) is 6.75. The van der Waals surface area contributed by atoms with Gasteiger partial charge < -0.3 is 19.9 Å². The Morgan fingerprint density at radius 3 is 2.63 bits per heavy atom. The number of amides is 2. The molecule has 0 bridgehead atoms. The first-order valence-electron chi connectivity index (χ1n) is 9.50. The monoisotopic (exact) mass is 372 g/mol. The average Bonchev–Trinajstić information content (AvgIpc) is 3.04. The van der Waals surface area contributed by atoms with E-state index in [4.69, 9.17) is 0 Å². The smallest absolute Gasteiger partial charge is 0.244 e. The summed E-state index contributed by atoms with van der Waals surface area (Å²) in [4.78, 5) is 30.4. The van der Waals surface area contributed by atoms with Gasteiger partial charge in [-0.3, -0.25) is 14.6 Å². The van der Waals surface area contributed by atoms with E-state index in [2.05, 4.69) is 10.3 Å². The quantitative estimate of drug-likeness (QED) is 0.834. The number of piperidine rings is 1. The lowest BCUT2D eigenvalue weighted by molar-refractivity contribution is -0.140. The Morgan fingerprint density at radius 2 is 1.96 bits per heavy atom. The first-order chi connectivity index (χ1) is 12.8. The lowest BCUT2D eigenvalue weighted by atomic mass is 9.91. The molecule has 1 atom stereocenters. The second-order valence-electron chi connectivity index (χ2n) is 7.79. The van der Waals surface area contributed by atoms with Gasteiger partial charge in [-0.25, -0.2) is 0 Å². The molecule has 7 nitrogen and oxygen atoms in total. The van der Waals surface area contributed by atoms with E-state index in [1.54, 1.807) is 31.9 Å². The van der Waals surface area contributed by atoms with Crippen LogP contribution in [0.3, 0.4) is 0 Å². The zero-order valence-corrected chi connectivity index (χ0v) is 16.2. The van der Waals surface area contributed by atoms with Crippen molar-refractivity contribution in [3.05, 3.63) is 30.6 Å². The van der Waals surface area contributed by atoms with Crippen molar-refractivity contribution in [3.63, 3.8) is 0 Å². The van der Waals surface area contributed by atoms with Gasteiger partial charge in [-0.1, -0.05) is 13.8 Å². The van der Waals surface area contributed by atoms with Crippen molar-refractivity contribution in [2.24, 2.45) is 5.92 Å². The van der Waals surface area contributed by atoms with E-state index in [1.165, 1.54) is 0 Å². The van der Waals surface area contributed by atoms with Crippen LogP contribution >= 0.6 is 0 Å². The van der Waals surface area contributed by atoms with E-state index in [9.17, 15) is 14.7 Å². The van der Waals surface area contributed by atoms with Crippen LogP contribution in [-0.4, -0.2) is 56.1 Å². The number of fused-ring (bicyclic) bond motifs is 1. The van der Waals surface area contributed by atoms with E-state index in [-0.39, 0.29) is 17.7 Å². The molecule has 3 heterocycles. The molecule has 2 aromatic heterocycles. The molecule has 0 aromatic carbocycles. The average molecular weight is 372 g/mol. The SMILES string of the molecule is CC(C)C(=O)N[C@H](C)C(=O)N1CCC(O)(Cn2ccc3ncccc32)CC1. The highest BCUT2D eigenvalue weighted by atomic mass is 16.3. The van der Waals surface area contributed by atoms with Gasteiger partial charge in [0.2, 0.25) is 11.8 Å². The number of pyridine rings is 1. The van der Waals surface area contributed by atoms with E-state index >= 15 is 0 Å². The van der Waals surface area contributed by atoms with Crippen molar-refractivity contribution in [2.75, 3.05) is 13.1 Å². The van der Waals surface area contributed by atoms with Crippen LogP contribution in [0.15, 0.2) is 30.6 Å². The van der Waals surface area contributed by atoms with Crippen LogP contribution in [-0.2, 0) is 16.1 Å². The summed E-state index contributed by atoms with van der Waals surface area (Å²) in [6, 6.07) is 5.27. The third-order valence-electron chi connectivity index (χ3n) is 5.26. The summed E-state index contributed by atoms with van der Waals surface area (Å²) in [7, 11) is 0. The predicted octanol–water partition coefficient (Wildman–Crippen LogP) is 1.55. The highest BCUT2D eigenvalue weighted by Crippen LogP contribution is 2.26. The second kappa shape index (κ2) is 7.68. The lowest BCUT2D eigenvalue weighted by Gasteiger charge is -2.39. The topological polar surface area (TPSA) is 87.5 Å². The van der Waals surface area contributed by atoms with Crippen LogP contribution in [0.4, 0.5) is 0 Å². The molecule has 1 aliphatic heterocycles. The van der Waals surface area contributed by atoms with Crippen LogP contribution in [0.1, 0.15) is 33.6 Å². The maximum absolute atomic E-state index is 12.6. The number of rotatable bonds is 5. The van der Waals surface area contributed by atoms with Crippen LogP contribution in [0.2, 0.25) is 0 Å². The summed E-state index contributed by atoms with van der Waals surface area (Å²) >= 11 is 0. The van der Waals surface area contributed by atoms with Crippen LogP contribution in [0.25, 0.3) is 11.0 Å². The van der Waals surface area contributed by atoms with Gasteiger partial charge in [-0.2, -0.15) is 0 Å². The van der Waals surface area contributed by atoms with E-state index in [0.29, 0.717) is 32.5 Å². The van der Waals surface area contributed by atoms with Crippen molar-refractivity contribution in [1.82, 2.24) is 19.8 Å². The van der Waals surface area contributed by atoms with Gasteiger partial charge >= 0.3 is 0 Å². The first-order valence-corrected chi connectivity index (χ1v) is 9.50. The molecule has 3 rings (SSSR count). The van der Waals surface area contributed by atoms with Gasteiger partial charge in [-0.05, 0) is 38.0 Å². The van der Waals surface area contributed by atoms with E-state index < -0.39 is 11.6 Å². The molecule has 0 saturated carbocycles. The van der Waals surface area contributed by atoms with Crippen LogP contribution in [0.5, 0.6) is 0 Å². The predicted molar refractivity (Wildman–Crippen MR) is 103 cm³/mol. The molecule has 0 aliphatic carbocycles. The molecular formula is C20H28N4O3. The summed E-state index contributed by atoms with van der Waals surface area (Å²) < 4.78 is 2.02. The summed E-state index contributed by atoms with van der Waals surface area (Å²) in [5.74, 6) is -0.378. The van der Waals surface area contributed by atoms with Crippen LogP contribution in [0, 0.1) is 5.92 Å². The van der Waals surface area contributed by atoms with Gasteiger partial charge in [0.05, 0.1) is 23.2 Å². The van der Waals surface area contributed by atoms with Crippen molar-refractivity contribution >= 4 is 22.8 Å². The number of aromatic nitrogens is 2. The second-order valence-corrected chi connectivity index (χ2v) is 7.79. The van der Waals surface area contributed by atoms with Gasteiger partial charge in [-0.15, -0.1) is 0 Å². The molecule has 0 spiro atoms. The summed E-state index contributed by atoms with van der Waals surface area (Å²) in [6.07, 6.45) is 4.70. The number of hydrogen-bond acceptors (Lipinski definition) is 4. The minimum absolute atomic E-state index is 0.0957. The zero-order chi connectivity index (χ0) is 19.6. The van der Waals surface area contributed by atoms with Gasteiger partial charge in [0, 0.05) is 31.4 Å². The molecule has 1 aliphatic rings. The zero-order valence-electron chi connectivity index (χ0n) is 16.2. The molecule has 2 aromatic rings. The Labute approximate surface area is 159 Å². The Bertz CT molecular complexity index is 821. The van der Waals surface area contributed by atoms with Crippen molar-refractivity contribution in [1.29, 1.82) is 0 Å². The van der Waals surface area contributed by atoms with E-state index in [0.717, 1.165) is 11.0 Å². The minimum Gasteiger partial charge on any atom is -0.388 e. The molecule has 2 N–H and O–H groups in total.